The Bertz CT molecular complexity index is 792. The van der Waals surface area contributed by atoms with E-state index in [1.165, 1.54) is 12.8 Å². The molecule has 110 valence electrons. The van der Waals surface area contributed by atoms with Crippen molar-refractivity contribution in [3.63, 3.8) is 0 Å². The molecule has 1 atom stereocenters. The number of hydrogen-bond acceptors (Lipinski definition) is 4. The summed E-state index contributed by atoms with van der Waals surface area (Å²) in [4.78, 5) is 8.14. The van der Waals surface area contributed by atoms with E-state index in [1.54, 1.807) is 0 Å². The molecule has 1 saturated carbocycles. The fraction of sp³-hybridized carbons (Fsp3) is 0.500. The molecule has 1 unspecified atom stereocenters. The first-order valence-electron chi connectivity index (χ1n) is 7.50. The van der Waals surface area contributed by atoms with Crippen LogP contribution in [0.3, 0.4) is 0 Å². The smallest absolute Gasteiger partial charge is 0.137 e. The molecule has 1 fully saturated rings. The molecule has 5 nitrogen and oxygen atoms in total. The molecule has 0 bridgehead atoms. The molecule has 2 heterocycles. The molecule has 0 saturated heterocycles. The van der Waals surface area contributed by atoms with Crippen LogP contribution in [0.25, 0.3) is 11.6 Å². The van der Waals surface area contributed by atoms with Crippen LogP contribution in [0.2, 0.25) is 0 Å². The third-order valence-corrected chi connectivity index (χ3v) is 4.53. The normalized spacial score (nSPS) is 21.3. The van der Waals surface area contributed by atoms with Crippen LogP contribution in [0.15, 0.2) is 4.52 Å². The third-order valence-electron chi connectivity index (χ3n) is 4.53. The lowest BCUT2D eigenvalue weighted by molar-refractivity contribution is 0.344. The number of hydrogen-bond donors (Lipinski definition) is 2. The summed E-state index contributed by atoms with van der Waals surface area (Å²) < 4.78 is 5.29. The van der Waals surface area contributed by atoms with Crippen molar-refractivity contribution in [2.24, 2.45) is 0 Å². The molecule has 2 aliphatic rings. The Balaban J connectivity index is 1.86. The van der Waals surface area contributed by atoms with Crippen LogP contribution in [-0.2, 0) is 0 Å². The van der Waals surface area contributed by atoms with Gasteiger partial charge in [0.05, 0.1) is 23.0 Å². The number of nitrogens with zero attached hydrogens (tertiary/aromatic N) is 2. The number of aryl methyl sites for hydroxylation is 2. The number of aliphatic hydroxyl groups excluding tert-OH is 1. The van der Waals surface area contributed by atoms with Gasteiger partial charge in [0.2, 0.25) is 0 Å². The fourth-order valence-electron chi connectivity index (χ4n) is 3.31. The first-order chi connectivity index (χ1) is 10.2. The van der Waals surface area contributed by atoms with E-state index < -0.39 is 0 Å². The van der Waals surface area contributed by atoms with Gasteiger partial charge in [-0.05, 0) is 38.7 Å². The lowest BCUT2D eigenvalue weighted by Gasteiger charge is -2.16. The minimum Gasteiger partial charge on any atom is -0.392 e. The monoisotopic (exact) mass is 285 g/mol. The van der Waals surface area contributed by atoms with Crippen molar-refractivity contribution in [1.29, 1.82) is 0 Å². The predicted octanol–water partition coefficient (Wildman–Crippen LogP) is 1.00. The second kappa shape index (κ2) is 4.56. The van der Waals surface area contributed by atoms with Crippen LogP contribution in [0, 0.1) is 13.8 Å². The first-order valence-corrected chi connectivity index (χ1v) is 7.50. The van der Waals surface area contributed by atoms with E-state index in [9.17, 15) is 5.11 Å². The van der Waals surface area contributed by atoms with Crippen LogP contribution >= 0.6 is 0 Å². The minimum absolute atomic E-state index is 0.0513. The average molecular weight is 285 g/mol. The van der Waals surface area contributed by atoms with Crippen LogP contribution in [-0.4, -0.2) is 26.8 Å². The largest absolute Gasteiger partial charge is 0.392 e. The van der Waals surface area contributed by atoms with Crippen molar-refractivity contribution in [3.05, 3.63) is 33.5 Å². The zero-order valence-corrected chi connectivity index (χ0v) is 12.3. The Morgan fingerprint density at radius 2 is 2.19 bits per heavy atom. The van der Waals surface area contributed by atoms with Gasteiger partial charge in [0.1, 0.15) is 11.6 Å². The minimum atomic E-state index is 0.0513. The number of nitrogens with one attached hydrogen (secondary N) is 1. The maximum atomic E-state index is 9.71. The van der Waals surface area contributed by atoms with Crippen LogP contribution in [0.5, 0.6) is 0 Å². The summed E-state index contributed by atoms with van der Waals surface area (Å²) in [6.07, 6.45) is 5.42. The molecular formula is C16H19N3O2. The van der Waals surface area contributed by atoms with Crippen molar-refractivity contribution >= 4 is 11.6 Å². The number of fused-ring (bicyclic) bond motifs is 1. The van der Waals surface area contributed by atoms with Gasteiger partial charge < -0.3 is 14.6 Å². The molecular weight excluding hydrogens is 266 g/mol. The maximum absolute atomic E-state index is 9.71. The average Bonchev–Trinajstić information content (AvgIpc) is 3.15. The fourth-order valence-corrected chi connectivity index (χ4v) is 3.31. The van der Waals surface area contributed by atoms with Gasteiger partial charge in [-0.25, -0.2) is 4.98 Å². The maximum Gasteiger partial charge on any atom is 0.137 e. The molecule has 4 rings (SSSR count). The van der Waals surface area contributed by atoms with E-state index in [4.69, 9.17) is 9.51 Å². The molecule has 0 radical (unpaired) electrons. The zero-order valence-electron chi connectivity index (χ0n) is 12.3. The predicted molar refractivity (Wildman–Crippen MR) is 78.1 cm³/mol. The molecule has 21 heavy (non-hydrogen) atoms. The Morgan fingerprint density at radius 1 is 1.38 bits per heavy atom. The molecule has 0 amide bonds. The van der Waals surface area contributed by atoms with Crippen LogP contribution in [0.4, 0.5) is 0 Å². The molecule has 5 heteroatoms. The quantitative estimate of drug-likeness (QED) is 0.882. The van der Waals surface area contributed by atoms with Crippen molar-refractivity contribution in [2.75, 3.05) is 6.61 Å². The van der Waals surface area contributed by atoms with E-state index in [2.05, 4.69) is 16.2 Å². The highest BCUT2D eigenvalue weighted by Crippen LogP contribution is 2.37. The highest BCUT2D eigenvalue weighted by molar-refractivity contribution is 5.56. The van der Waals surface area contributed by atoms with Gasteiger partial charge in [-0.15, -0.1) is 0 Å². The van der Waals surface area contributed by atoms with Crippen molar-refractivity contribution in [2.45, 2.75) is 44.9 Å². The second-order valence-electron chi connectivity index (χ2n) is 6.14. The van der Waals surface area contributed by atoms with Gasteiger partial charge in [0.25, 0.3) is 0 Å². The Kier molecular flexibility index (Phi) is 2.79. The molecule has 2 aromatic heterocycles. The molecule has 2 aliphatic carbocycles. The van der Waals surface area contributed by atoms with E-state index in [0.717, 1.165) is 45.5 Å². The molecule has 0 aliphatic heterocycles. The Hall–Kier alpha value is -1.88. The third kappa shape index (κ3) is 2.03. The molecule has 2 aromatic rings. The van der Waals surface area contributed by atoms with Crippen molar-refractivity contribution < 1.29 is 9.63 Å². The van der Waals surface area contributed by atoms with Gasteiger partial charge in [0.15, 0.2) is 0 Å². The molecule has 2 N–H and O–H groups in total. The Morgan fingerprint density at radius 3 is 2.81 bits per heavy atom. The summed E-state index contributed by atoms with van der Waals surface area (Å²) in [6, 6.07) is 0. The topological polar surface area (TPSA) is 74.9 Å². The number of aliphatic hydroxyl groups is 1. The van der Waals surface area contributed by atoms with Gasteiger partial charge >= 0.3 is 0 Å². The van der Waals surface area contributed by atoms with E-state index in [0.29, 0.717) is 5.92 Å². The highest BCUT2D eigenvalue weighted by Gasteiger charge is 2.28. The zero-order chi connectivity index (χ0) is 14.6. The summed E-state index contributed by atoms with van der Waals surface area (Å²) in [7, 11) is 0. The van der Waals surface area contributed by atoms with Gasteiger partial charge in [0, 0.05) is 17.4 Å². The highest BCUT2D eigenvalue weighted by atomic mass is 16.5. The summed E-state index contributed by atoms with van der Waals surface area (Å²) in [5, 5.41) is 15.7. The van der Waals surface area contributed by atoms with E-state index in [-0.39, 0.29) is 12.5 Å². The number of aromatic amines is 1. The number of imidazole rings is 1. The van der Waals surface area contributed by atoms with Gasteiger partial charge in [-0.2, -0.15) is 0 Å². The summed E-state index contributed by atoms with van der Waals surface area (Å²) in [5.41, 5.74) is 3.06. The van der Waals surface area contributed by atoms with Gasteiger partial charge in [-0.3, -0.25) is 0 Å². The van der Waals surface area contributed by atoms with E-state index in [1.807, 2.05) is 13.8 Å². The van der Waals surface area contributed by atoms with Gasteiger partial charge in [-0.1, -0.05) is 11.2 Å². The lowest BCUT2D eigenvalue weighted by Crippen LogP contribution is -2.33. The molecule has 0 aromatic carbocycles. The molecule has 0 spiro atoms. The van der Waals surface area contributed by atoms with E-state index >= 15 is 0 Å². The summed E-state index contributed by atoms with van der Waals surface area (Å²) in [6.45, 7) is 3.96. The van der Waals surface area contributed by atoms with Crippen molar-refractivity contribution in [1.82, 2.24) is 15.1 Å². The summed E-state index contributed by atoms with van der Waals surface area (Å²) in [5.74, 6) is 2.71. The second-order valence-corrected chi connectivity index (χ2v) is 6.14. The number of rotatable bonds is 3. The lowest BCUT2D eigenvalue weighted by atomic mass is 9.88. The standard InChI is InChI=1S/C16H19N3O2/c1-8-14(9(2)21-19-8)11-5-12(7-20)15-13(6-11)17-16(18-15)10-3-4-10/h6,10-11,20H,3-5,7H2,1-2H3,(H,17,18). The Labute approximate surface area is 122 Å². The summed E-state index contributed by atoms with van der Waals surface area (Å²) >= 11 is 0. The van der Waals surface area contributed by atoms with Crippen molar-refractivity contribution in [3.8, 4) is 0 Å². The first kappa shape index (κ1) is 12.8. The van der Waals surface area contributed by atoms with Crippen LogP contribution < -0.4 is 10.7 Å². The SMILES string of the molecule is Cc1noc(C)c1C1C=c2[nH]c(C3CC3)nc2=C(CO)C1. The van der Waals surface area contributed by atoms with Crippen LogP contribution in [0.1, 0.15) is 53.9 Å². The number of aromatic nitrogens is 3. The number of H-pyrrole nitrogens is 1.